The standard InChI is InChI=1S/C20H20N2O4/c23-9-13-11-25-19(21-13)17-7-3-1-5-15(17)16-6-2-4-8-18(16)20-22-14(10-24)12-26-20/h1-8,13-14,23-24H,9-12H2/t13-,14-/m1/s1. The summed E-state index contributed by atoms with van der Waals surface area (Å²) in [7, 11) is 0. The molecule has 0 amide bonds. The molecule has 2 aromatic rings. The van der Waals surface area contributed by atoms with Gasteiger partial charge in [-0.15, -0.1) is 0 Å². The molecular weight excluding hydrogens is 332 g/mol. The van der Waals surface area contributed by atoms with Gasteiger partial charge in [-0.05, 0) is 23.3 Å². The van der Waals surface area contributed by atoms with Crippen molar-refractivity contribution in [3.05, 3.63) is 59.7 Å². The van der Waals surface area contributed by atoms with E-state index in [1.54, 1.807) is 0 Å². The van der Waals surface area contributed by atoms with Crippen LogP contribution in [0.2, 0.25) is 0 Å². The highest BCUT2D eigenvalue weighted by Gasteiger charge is 2.25. The topological polar surface area (TPSA) is 83.6 Å². The summed E-state index contributed by atoms with van der Waals surface area (Å²) in [4.78, 5) is 8.93. The zero-order valence-electron chi connectivity index (χ0n) is 14.2. The van der Waals surface area contributed by atoms with Gasteiger partial charge in [-0.25, -0.2) is 9.98 Å². The third kappa shape index (κ3) is 3.09. The van der Waals surface area contributed by atoms with Crippen molar-refractivity contribution in [2.75, 3.05) is 26.4 Å². The molecule has 0 aromatic heterocycles. The summed E-state index contributed by atoms with van der Waals surface area (Å²) in [6.45, 7) is 0.705. The highest BCUT2D eigenvalue weighted by Crippen LogP contribution is 2.30. The van der Waals surface area contributed by atoms with Crippen LogP contribution in [0.15, 0.2) is 58.5 Å². The minimum absolute atomic E-state index is 0.0323. The van der Waals surface area contributed by atoms with Crippen molar-refractivity contribution in [3.8, 4) is 11.1 Å². The van der Waals surface area contributed by atoms with Gasteiger partial charge in [0.2, 0.25) is 11.8 Å². The summed E-state index contributed by atoms with van der Waals surface area (Å²) in [5.74, 6) is 1.08. The van der Waals surface area contributed by atoms with Crippen LogP contribution < -0.4 is 0 Å². The average molecular weight is 352 g/mol. The van der Waals surface area contributed by atoms with Crippen molar-refractivity contribution in [1.82, 2.24) is 0 Å². The molecule has 0 fully saturated rings. The van der Waals surface area contributed by atoms with Gasteiger partial charge < -0.3 is 19.7 Å². The first kappa shape index (κ1) is 16.8. The Morgan fingerprint density at radius 3 is 1.42 bits per heavy atom. The lowest BCUT2D eigenvalue weighted by atomic mass is 9.95. The van der Waals surface area contributed by atoms with Gasteiger partial charge in [-0.3, -0.25) is 0 Å². The summed E-state index contributed by atoms with van der Waals surface area (Å²) >= 11 is 0. The van der Waals surface area contributed by atoms with Gasteiger partial charge in [0.25, 0.3) is 0 Å². The summed E-state index contributed by atoms with van der Waals surface area (Å²) < 4.78 is 11.4. The smallest absolute Gasteiger partial charge is 0.217 e. The normalized spacial score (nSPS) is 21.8. The second-order valence-electron chi connectivity index (χ2n) is 6.25. The van der Waals surface area contributed by atoms with E-state index < -0.39 is 0 Å². The Kier molecular flexibility index (Phi) is 4.69. The second kappa shape index (κ2) is 7.27. The number of nitrogens with zero attached hydrogens (tertiary/aromatic N) is 2. The number of ether oxygens (including phenoxy) is 2. The van der Waals surface area contributed by atoms with E-state index in [2.05, 4.69) is 9.98 Å². The van der Waals surface area contributed by atoms with Crippen molar-refractivity contribution >= 4 is 11.8 Å². The van der Waals surface area contributed by atoms with Gasteiger partial charge in [0.1, 0.15) is 25.3 Å². The quantitative estimate of drug-likeness (QED) is 0.857. The third-order valence-electron chi connectivity index (χ3n) is 4.45. The minimum atomic E-state index is -0.221. The van der Waals surface area contributed by atoms with E-state index in [1.165, 1.54) is 0 Å². The molecule has 134 valence electrons. The number of benzene rings is 2. The third-order valence-corrected chi connectivity index (χ3v) is 4.45. The van der Waals surface area contributed by atoms with Crippen LogP contribution in [0, 0.1) is 0 Å². The van der Waals surface area contributed by atoms with Gasteiger partial charge in [0.05, 0.1) is 13.2 Å². The van der Waals surface area contributed by atoms with Crippen molar-refractivity contribution in [2.45, 2.75) is 12.1 Å². The lowest BCUT2D eigenvalue weighted by molar-refractivity contribution is 0.227. The Hall–Kier alpha value is -2.70. The van der Waals surface area contributed by atoms with E-state index in [1.807, 2.05) is 48.5 Å². The molecule has 0 aliphatic carbocycles. The van der Waals surface area contributed by atoms with Crippen LogP contribution in [-0.2, 0) is 9.47 Å². The zero-order valence-corrected chi connectivity index (χ0v) is 14.2. The second-order valence-corrected chi connectivity index (χ2v) is 6.25. The SMILES string of the molecule is OC[C@@H]1COC(c2ccccc2-c2ccccc2C2=N[C@H](CO)CO2)=N1. The Morgan fingerprint density at radius 1 is 0.692 bits per heavy atom. The Bertz CT molecular complexity index is 791. The maximum atomic E-state index is 9.31. The molecule has 26 heavy (non-hydrogen) atoms. The predicted octanol–water partition coefficient (Wildman–Crippen LogP) is 1.63. The molecule has 0 unspecified atom stereocenters. The van der Waals surface area contributed by atoms with E-state index in [0.717, 1.165) is 22.3 Å². The van der Waals surface area contributed by atoms with E-state index in [0.29, 0.717) is 25.0 Å². The fourth-order valence-corrected chi connectivity index (χ4v) is 3.12. The monoisotopic (exact) mass is 352 g/mol. The first-order valence-corrected chi connectivity index (χ1v) is 8.62. The van der Waals surface area contributed by atoms with Gasteiger partial charge in [0.15, 0.2) is 0 Å². The van der Waals surface area contributed by atoms with Crippen LogP contribution in [0.5, 0.6) is 0 Å². The Labute approximate surface area is 151 Å². The van der Waals surface area contributed by atoms with Crippen molar-refractivity contribution < 1.29 is 19.7 Å². The number of aliphatic hydroxyl groups excluding tert-OH is 2. The van der Waals surface area contributed by atoms with Crippen molar-refractivity contribution in [2.24, 2.45) is 9.98 Å². The van der Waals surface area contributed by atoms with Gasteiger partial charge in [-0.2, -0.15) is 0 Å². The van der Waals surface area contributed by atoms with E-state index in [4.69, 9.17) is 9.47 Å². The Balaban J connectivity index is 1.79. The van der Waals surface area contributed by atoms with Crippen LogP contribution >= 0.6 is 0 Å². The first-order chi connectivity index (χ1) is 12.8. The number of hydrogen-bond acceptors (Lipinski definition) is 6. The van der Waals surface area contributed by atoms with E-state index in [9.17, 15) is 10.2 Å². The minimum Gasteiger partial charge on any atom is -0.475 e. The highest BCUT2D eigenvalue weighted by molar-refractivity contribution is 6.07. The fraction of sp³-hybridized carbons (Fsp3) is 0.300. The van der Waals surface area contributed by atoms with Crippen LogP contribution in [0.25, 0.3) is 11.1 Å². The summed E-state index contributed by atoms with van der Waals surface area (Å²) in [5.41, 5.74) is 3.65. The fourth-order valence-electron chi connectivity index (χ4n) is 3.12. The molecule has 0 bridgehead atoms. The van der Waals surface area contributed by atoms with Crippen LogP contribution in [-0.4, -0.2) is 60.5 Å². The molecule has 2 heterocycles. The molecule has 0 spiro atoms. The molecule has 2 atom stereocenters. The van der Waals surface area contributed by atoms with Gasteiger partial charge in [-0.1, -0.05) is 36.4 Å². The van der Waals surface area contributed by atoms with Crippen molar-refractivity contribution in [3.63, 3.8) is 0 Å². The average Bonchev–Trinajstić information content (AvgIpc) is 3.37. The number of rotatable bonds is 5. The molecule has 0 radical (unpaired) electrons. The van der Waals surface area contributed by atoms with Gasteiger partial charge in [0, 0.05) is 11.1 Å². The van der Waals surface area contributed by atoms with Crippen LogP contribution in [0.1, 0.15) is 11.1 Å². The molecule has 2 aromatic carbocycles. The van der Waals surface area contributed by atoms with Crippen LogP contribution in [0.3, 0.4) is 0 Å². The molecule has 0 saturated carbocycles. The maximum Gasteiger partial charge on any atom is 0.217 e. The highest BCUT2D eigenvalue weighted by atomic mass is 16.5. The van der Waals surface area contributed by atoms with Crippen molar-refractivity contribution in [1.29, 1.82) is 0 Å². The first-order valence-electron chi connectivity index (χ1n) is 8.62. The van der Waals surface area contributed by atoms with E-state index in [-0.39, 0.29) is 25.3 Å². The molecular formula is C20H20N2O4. The molecule has 6 nitrogen and oxygen atoms in total. The predicted molar refractivity (Wildman–Crippen MR) is 98.6 cm³/mol. The number of hydrogen-bond donors (Lipinski definition) is 2. The zero-order chi connectivity index (χ0) is 17.9. The lowest BCUT2D eigenvalue weighted by Gasteiger charge is -2.13. The summed E-state index contributed by atoms with van der Waals surface area (Å²) in [6.07, 6.45) is 0. The Morgan fingerprint density at radius 2 is 1.08 bits per heavy atom. The molecule has 2 N–H and O–H groups in total. The number of aliphatic imine (C=N–C) groups is 2. The molecule has 6 heteroatoms. The number of aliphatic hydroxyl groups is 2. The molecule has 2 aliphatic heterocycles. The summed E-state index contributed by atoms with van der Waals surface area (Å²) in [5, 5.41) is 18.6. The maximum absolute atomic E-state index is 9.31. The van der Waals surface area contributed by atoms with Gasteiger partial charge >= 0.3 is 0 Å². The molecule has 2 aliphatic rings. The largest absolute Gasteiger partial charge is 0.475 e. The lowest BCUT2D eigenvalue weighted by Crippen LogP contribution is -2.10. The molecule has 0 saturated heterocycles. The summed E-state index contributed by atoms with van der Waals surface area (Å²) in [6, 6.07) is 15.3. The molecule has 4 rings (SSSR count). The van der Waals surface area contributed by atoms with E-state index >= 15 is 0 Å². The van der Waals surface area contributed by atoms with Crippen LogP contribution in [0.4, 0.5) is 0 Å².